The van der Waals surface area contributed by atoms with Crippen molar-refractivity contribution in [2.75, 3.05) is 42.9 Å². The van der Waals surface area contributed by atoms with Crippen molar-refractivity contribution in [3.8, 4) is 0 Å². The standard InChI is InChI=1S/C22H24N4S/c1-2-17-7-9-19(10-8-17)25-11-13-26(14-12-25)22(27)24-16-18-15-23-21-6-4-3-5-20(18)21/h2-10,16,23H,1,11-15H2,(H,24,27)/b18-16-. The van der Waals surface area contributed by atoms with Crippen LogP contribution in [-0.4, -0.2) is 42.7 Å². The third kappa shape index (κ3) is 3.83. The summed E-state index contributed by atoms with van der Waals surface area (Å²) in [5.74, 6) is 0. The number of thiocarbonyl (C=S) groups is 1. The van der Waals surface area contributed by atoms with Crippen molar-refractivity contribution in [1.82, 2.24) is 10.2 Å². The van der Waals surface area contributed by atoms with E-state index in [2.05, 4.69) is 75.5 Å². The van der Waals surface area contributed by atoms with Crippen LogP contribution in [0, 0.1) is 0 Å². The minimum absolute atomic E-state index is 0.800. The van der Waals surface area contributed by atoms with E-state index in [1.165, 1.54) is 22.5 Å². The molecule has 0 spiro atoms. The summed E-state index contributed by atoms with van der Waals surface area (Å²) >= 11 is 5.62. The molecule has 27 heavy (non-hydrogen) atoms. The minimum atomic E-state index is 0.800. The summed E-state index contributed by atoms with van der Waals surface area (Å²) in [6, 6.07) is 16.9. The lowest BCUT2D eigenvalue weighted by molar-refractivity contribution is 0.384. The molecule has 1 fully saturated rings. The van der Waals surface area contributed by atoms with E-state index in [1.54, 1.807) is 0 Å². The van der Waals surface area contributed by atoms with Crippen LogP contribution in [-0.2, 0) is 0 Å². The quantitative estimate of drug-likeness (QED) is 0.796. The van der Waals surface area contributed by atoms with Gasteiger partial charge in [0.25, 0.3) is 0 Å². The van der Waals surface area contributed by atoms with Gasteiger partial charge in [0.05, 0.1) is 0 Å². The molecule has 138 valence electrons. The van der Waals surface area contributed by atoms with Crippen LogP contribution in [0.4, 0.5) is 11.4 Å². The Hall–Kier alpha value is -2.79. The lowest BCUT2D eigenvalue weighted by Crippen LogP contribution is -2.51. The molecule has 2 heterocycles. The average molecular weight is 377 g/mol. The van der Waals surface area contributed by atoms with Gasteiger partial charge in [-0.2, -0.15) is 0 Å². The number of rotatable bonds is 3. The largest absolute Gasteiger partial charge is 0.380 e. The molecule has 2 aromatic carbocycles. The first-order valence-corrected chi connectivity index (χ1v) is 9.70. The summed E-state index contributed by atoms with van der Waals surface area (Å²) in [4.78, 5) is 4.65. The topological polar surface area (TPSA) is 30.5 Å². The number of hydrogen-bond donors (Lipinski definition) is 2. The molecule has 0 saturated carbocycles. The predicted molar refractivity (Wildman–Crippen MR) is 119 cm³/mol. The molecule has 2 N–H and O–H groups in total. The highest BCUT2D eigenvalue weighted by Crippen LogP contribution is 2.29. The van der Waals surface area contributed by atoms with E-state index in [9.17, 15) is 0 Å². The maximum Gasteiger partial charge on any atom is 0.173 e. The van der Waals surface area contributed by atoms with E-state index in [1.807, 2.05) is 12.3 Å². The highest BCUT2D eigenvalue weighted by Gasteiger charge is 2.19. The van der Waals surface area contributed by atoms with Gasteiger partial charge in [-0.05, 0) is 41.6 Å². The van der Waals surface area contributed by atoms with Gasteiger partial charge in [0.2, 0.25) is 0 Å². The molecule has 0 aromatic heterocycles. The Kier molecular flexibility index (Phi) is 5.12. The third-order valence-electron chi connectivity index (χ3n) is 5.17. The van der Waals surface area contributed by atoms with Crippen molar-refractivity contribution < 1.29 is 0 Å². The number of nitrogens with one attached hydrogen (secondary N) is 2. The molecule has 1 saturated heterocycles. The minimum Gasteiger partial charge on any atom is -0.380 e. The molecule has 4 nitrogen and oxygen atoms in total. The molecule has 0 atom stereocenters. The first-order chi connectivity index (χ1) is 13.2. The van der Waals surface area contributed by atoms with Crippen LogP contribution >= 0.6 is 12.2 Å². The van der Waals surface area contributed by atoms with Gasteiger partial charge in [0, 0.05) is 55.9 Å². The van der Waals surface area contributed by atoms with Gasteiger partial charge < -0.3 is 20.4 Å². The maximum absolute atomic E-state index is 5.62. The molecule has 0 aliphatic carbocycles. The Bertz CT molecular complexity index is 864. The van der Waals surface area contributed by atoms with E-state index in [4.69, 9.17) is 12.2 Å². The zero-order chi connectivity index (χ0) is 18.6. The molecular weight excluding hydrogens is 352 g/mol. The molecule has 0 unspecified atom stereocenters. The Balaban J connectivity index is 1.32. The van der Waals surface area contributed by atoms with Crippen molar-refractivity contribution >= 4 is 40.4 Å². The van der Waals surface area contributed by atoms with E-state index in [0.717, 1.165) is 43.4 Å². The highest BCUT2D eigenvalue weighted by molar-refractivity contribution is 7.80. The van der Waals surface area contributed by atoms with E-state index >= 15 is 0 Å². The Morgan fingerprint density at radius 1 is 1.04 bits per heavy atom. The van der Waals surface area contributed by atoms with Crippen LogP contribution < -0.4 is 15.5 Å². The van der Waals surface area contributed by atoms with Gasteiger partial charge in [-0.15, -0.1) is 0 Å². The Morgan fingerprint density at radius 2 is 1.78 bits per heavy atom. The fourth-order valence-electron chi connectivity index (χ4n) is 3.56. The van der Waals surface area contributed by atoms with Gasteiger partial charge >= 0.3 is 0 Å². The third-order valence-corrected chi connectivity index (χ3v) is 5.55. The zero-order valence-electron chi connectivity index (χ0n) is 15.3. The summed E-state index contributed by atoms with van der Waals surface area (Å²) in [6.07, 6.45) is 3.92. The highest BCUT2D eigenvalue weighted by atomic mass is 32.1. The second kappa shape index (κ2) is 7.84. The maximum atomic E-state index is 5.62. The number of hydrogen-bond acceptors (Lipinski definition) is 3. The predicted octanol–water partition coefficient (Wildman–Crippen LogP) is 3.79. The number of para-hydroxylation sites is 1. The number of benzene rings is 2. The smallest absolute Gasteiger partial charge is 0.173 e. The lowest BCUT2D eigenvalue weighted by Gasteiger charge is -2.37. The number of piperazine rings is 1. The van der Waals surface area contributed by atoms with Crippen molar-refractivity contribution in [3.05, 3.63) is 72.4 Å². The number of fused-ring (bicyclic) bond motifs is 1. The second-order valence-corrected chi connectivity index (χ2v) is 7.17. The van der Waals surface area contributed by atoms with E-state index < -0.39 is 0 Å². The summed E-state index contributed by atoms with van der Waals surface area (Å²) < 4.78 is 0. The van der Waals surface area contributed by atoms with Crippen LogP contribution in [0.3, 0.4) is 0 Å². The second-order valence-electron chi connectivity index (χ2n) is 6.79. The molecule has 0 bridgehead atoms. The van der Waals surface area contributed by atoms with E-state index in [0.29, 0.717) is 0 Å². The van der Waals surface area contributed by atoms with Crippen LogP contribution in [0.1, 0.15) is 11.1 Å². The normalized spacial score (nSPS) is 17.4. The molecule has 4 rings (SSSR count). The number of anilines is 2. The molecule has 0 amide bonds. The lowest BCUT2D eigenvalue weighted by atomic mass is 10.1. The van der Waals surface area contributed by atoms with Crippen LogP contribution in [0.5, 0.6) is 0 Å². The fourth-order valence-corrected chi connectivity index (χ4v) is 3.80. The average Bonchev–Trinajstić information content (AvgIpc) is 3.15. The van der Waals surface area contributed by atoms with Crippen molar-refractivity contribution in [2.24, 2.45) is 0 Å². The van der Waals surface area contributed by atoms with Crippen LogP contribution in [0.25, 0.3) is 11.6 Å². The van der Waals surface area contributed by atoms with Gasteiger partial charge in [0.15, 0.2) is 5.11 Å². The van der Waals surface area contributed by atoms with Crippen LogP contribution in [0.2, 0.25) is 0 Å². The first-order valence-electron chi connectivity index (χ1n) is 9.30. The first kappa shape index (κ1) is 17.6. The number of nitrogens with zero attached hydrogens (tertiary/aromatic N) is 2. The summed E-state index contributed by atoms with van der Waals surface area (Å²) in [6.45, 7) is 8.43. The summed E-state index contributed by atoms with van der Waals surface area (Å²) in [5.41, 5.74) is 6.09. The molecule has 0 radical (unpaired) electrons. The van der Waals surface area contributed by atoms with Gasteiger partial charge in [0.1, 0.15) is 0 Å². The molecular formula is C22H24N4S. The summed E-state index contributed by atoms with van der Waals surface area (Å²) in [5, 5.41) is 7.54. The molecule has 2 aliphatic rings. The molecule has 2 aromatic rings. The van der Waals surface area contributed by atoms with Crippen LogP contribution in [0.15, 0.2) is 61.3 Å². The van der Waals surface area contributed by atoms with E-state index in [-0.39, 0.29) is 0 Å². The van der Waals surface area contributed by atoms with Gasteiger partial charge in [-0.1, -0.05) is 43.0 Å². The van der Waals surface area contributed by atoms with Crippen molar-refractivity contribution in [2.45, 2.75) is 0 Å². The van der Waals surface area contributed by atoms with Crippen molar-refractivity contribution in [1.29, 1.82) is 0 Å². The Labute approximate surface area is 166 Å². The van der Waals surface area contributed by atoms with Gasteiger partial charge in [-0.3, -0.25) is 0 Å². The van der Waals surface area contributed by atoms with Crippen molar-refractivity contribution in [3.63, 3.8) is 0 Å². The SMILES string of the molecule is C=Cc1ccc(N2CCN(C(=S)N/C=C3/CNc4ccccc43)CC2)cc1. The molecule has 5 heteroatoms. The monoisotopic (exact) mass is 376 g/mol. The van der Waals surface area contributed by atoms with Gasteiger partial charge in [-0.25, -0.2) is 0 Å². The fraction of sp³-hybridized carbons (Fsp3) is 0.227. The molecule has 2 aliphatic heterocycles. The Morgan fingerprint density at radius 3 is 2.52 bits per heavy atom. The summed E-state index contributed by atoms with van der Waals surface area (Å²) in [7, 11) is 0. The zero-order valence-corrected chi connectivity index (χ0v) is 16.1.